The summed E-state index contributed by atoms with van der Waals surface area (Å²) in [6.07, 6.45) is 6.04. The minimum Gasteiger partial charge on any atom is -0.478 e. The minimum atomic E-state index is -1.08. The molecule has 1 aromatic heterocycles. The van der Waals surface area contributed by atoms with Gasteiger partial charge in [-0.25, -0.2) is 4.79 Å². The molecule has 0 aliphatic heterocycles. The van der Waals surface area contributed by atoms with Crippen LogP contribution in [-0.2, 0) is 4.79 Å². The molecule has 1 fully saturated rings. The summed E-state index contributed by atoms with van der Waals surface area (Å²) in [5, 5.41) is 10.1. The van der Waals surface area contributed by atoms with Crippen molar-refractivity contribution in [3.63, 3.8) is 0 Å². The molecule has 2 aromatic carbocycles. The lowest BCUT2D eigenvalue weighted by molar-refractivity contribution is -0.130. The molecule has 1 saturated carbocycles. The Kier molecular flexibility index (Phi) is 5.81. The van der Waals surface area contributed by atoms with Crippen molar-refractivity contribution in [3.05, 3.63) is 65.2 Å². The van der Waals surface area contributed by atoms with Crippen LogP contribution in [0.3, 0.4) is 0 Å². The normalized spacial score (nSPS) is 15.9. The van der Waals surface area contributed by atoms with Gasteiger partial charge < -0.3 is 5.11 Å². The number of rotatable bonds is 6. The smallest absolute Gasteiger partial charge is 0.336 e. The molecule has 0 radical (unpaired) electrons. The van der Waals surface area contributed by atoms with E-state index in [0.29, 0.717) is 34.6 Å². The van der Waals surface area contributed by atoms with Crippen molar-refractivity contribution in [3.8, 4) is 0 Å². The second-order valence-electron chi connectivity index (χ2n) is 7.53. The fourth-order valence-corrected chi connectivity index (χ4v) is 4.63. The fraction of sp³-hybridized carbons (Fsp3) is 0.304. The van der Waals surface area contributed by atoms with Crippen LogP contribution in [0.5, 0.6) is 0 Å². The van der Waals surface area contributed by atoms with Crippen molar-refractivity contribution in [2.75, 3.05) is 0 Å². The van der Waals surface area contributed by atoms with Gasteiger partial charge in [0.1, 0.15) is 11.0 Å². The third kappa shape index (κ3) is 4.27. The monoisotopic (exact) mass is 406 g/mol. The van der Waals surface area contributed by atoms with Gasteiger partial charge in [-0.3, -0.25) is 4.79 Å². The number of aliphatic carboxylic acids is 1. The highest BCUT2D eigenvalue weighted by molar-refractivity contribution is 7.00. The number of aromatic nitrogens is 2. The summed E-state index contributed by atoms with van der Waals surface area (Å²) in [6.45, 7) is 0. The van der Waals surface area contributed by atoms with E-state index in [4.69, 9.17) is 0 Å². The van der Waals surface area contributed by atoms with Gasteiger partial charge in [0.25, 0.3) is 0 Å². The van der Waals surface area contributed by atoms with Crippen LogP contribution >= 0.6 is 11.7 Å². The molecule has 3 aromatic rings. The summed E-state index contributed by atoms with van der Waals surface area (Å²) in [6, 6.07) is 14.2. The van der Waals surface area contributed by atoms with E-state index in [0.717, 1.165) is 42.9 Å². The molecule has 0 bridgehead atoms. The van der Waals surface area contributed by atoms with Crippen molar-refractivity contribution in [2.45, 2.75) is 38.5 Å². The summed E-state index contributed by atoms with van der Waals surface area (Å²) < 4.78 is 8.41. The molecule has 0 unspecified atom stereocenters. The van der Waals surface area contributed by atoms with Crippen LogP contribution in [-0.4, -0.2) is 25.6 Å². The Morgan fingerprint density at radius 1 is 0.931 bits per heavy atom. The third-order valence-corrected chi connectivity index (χ3v) is 6.14. The highest BCUT2D eigenvalue weighted by atomic mass is 32.1. The molecule has 4 rings (SSSR count). The number of benzene rings is 2. The molecular weight excluding hydrogens is 384 g/mol. The van der Waals surface area contributed by atoms with Gasteiger partial charge in [0, 0.05) is 11.1 Å². The van der Waals surface area contributed by atoms with Crippen molar-refractivity contribution in [1.82, 2.24) is 8.75 Å². The van der Waals surface area contributed by atoms with Crippen molar-refractivity contribution >= 4 is 40.1 Å². The van der Waals surface area contributed by atoms with Gasteiger partial charge in [0.05, 0.1) is 17.3 Å². The predicted molar refractivity (Wildman–Crippen MR) is 114 cm³/mol. The van der Waals surface area contributed by atoms with E-state index < -0.39 is 5.97 Å². The Bertz CT molecular complexity index is 1070. The fourth-order valence-electron chi connectivity index (χ4n) is 4.12. The molecule has 1 N–H and O–H groups in total. The number of carbonyl (C=O) groups excluding carboxylic acids is 1. The molecule has 0 atom stereocenters. The maximum atomic E-state index is 13.4. The Morgan fingerprint density at radius 2 is 1.66 bits per heavy atom. The summed E-state index contributed by atoms with van der Waals surface area (Å²) in [5.41, 5.74) is 2.88. The molecule has 148 valence electrons. The molecule has 1 aliphatic carbocycles. The van der Waals surface area contributed by atoms with Crippen LogP contribution in [0.4, 0.5) is 0 Å². The van der Waals surface area contributed by atoms with Gasteiger partial charge in [-0.2, -0.15) is 8.75 Å². The average Bonchev–Trinajstić information content (AvgIpc) is 3.22. The maximum absolute atomic E-state index is 13.4. The van der Waals surface area contributed by atoms with Gasteiger partial charge in [-0.05, 0) is 30.0 Å². The van der Waals surface area contributed by atoms with Crippen molar-refractivity contribution < 1.29 is 14.7 Å². The lowest BCUT2D eigenvalue weighted by Gasteiger charge is -2.23. The highest BCUT2D eigenvalue weighted by Crippen LogP contribution is 2.34. The van der Waals surface area contributed by atoms with E-state index in [9.17, 15) is 14.7 Å². The van der Waals surface area contributed by atoms with E-state index in [1.165, 1.54) is 6.42 Å². The van der Waals surface area contributed by atoms with Crippen LogP contribution in [0.15, 0.2) is 54.1 Å². The zero-order valence-electron chi connectivity index (χ0n) is 16.0. The van der Waals surface area contributed by atoms with E-state index in [2.05, 4.69) is 8.75 Å². The third-order valence-electron chi connectivity index (χ3n) is 5.59. The molecule has 29 heavy (non-hydrogen) atoms. The highest BCUT2D eigenvalue weighted by Gasteiger charge is 2.27. The standard InChI is InChI=1S/C23H22N2O3S/c26-22(16-9-5-2-6-10-16)18(13-15-7-3-1-4-8-15)21(23(27)28)17-11-12-19-20(14-17)25-29-24-19/h2,5-6,9-12,14-15H,1,3-4,7-8,13H2,(H,27,28). The Labute approximate surface area is 173 Å². The number of hydrogen-bond donors (Lipinski definition) is 1. The maximum Gasteiger partial charge on any atom is 0.336 e. The van der Waals surface area contributed by atoms with Gasteiger partial charge in [0.15, 0.2) is 5.78 Å². The minimum absolute atomic E-state index is 0.0827. The predicted octanol–water partition coefficient (Wildman–Crippen LogP) is 5.38. The molecule has 0 amide bonds. The van der Waals surface area contributed by atoms with Crippen LogP contribution in [0.2, 0.25) is 0 Å². The van der Waals surface area contributed by atoms with Gasteiger partial charge in [0.2, 0.25) is 0 Å². The first-order valence-corrected chi connectivity index (χ1v) is 10.7. The number of Topliss-reactive ketones (excluding diaryl/α,β-unsaturated/α-hetero) is 1. The largest absolute Gasteiger partial charge is 0.478 e. The van der Waals surface area contributed by atoms with Crippen molar-refractivity contribution in [1.29, 1.82) is 0 Å². The Hall–Kier alpha value is -2.86. The Morgan fingerprint density at radius 3 is 2.38 bits per heavy atom. The van der Waals surface area contributed by atoms with Crippen LogP contribution in [0.25, 0.3) is 16.6 Å². The molecular formula is C23H22N2O3S. The molecule has 1 aliphatic rings. The first-order chi connectivity index (χ1) is 14.1. The zero-order chi connectivity index (χ0) is 20.2. The van der Waals surface area contributed by atoms with Crippen LogP contribution < -0.4 is 0 Å². The SMILES string of the molecule is O=C(O)C(=C(CC1CCCCC1)C(=O)c1ccccc1)c1ccc2nsnc2c1. The first-order valence-electron chi connectivity index (χ1n) is 9.92. The number of carboxylic acid groups (broad SMARTS) is 1. The number of nitrogens with zero attached hydrogens (tertiary/aromatic N) is 2. The lowest BCUT2D eigenvalue weighted by Crippen LogP contribution is -2.16. The number of hydrogen-bond acceptors (Lipinski definition) is 5. The number of carbonyl (C=O) groups is 2. The molecule has 1 heterocycles. The van der Waals surface area contributed by atoms with Gasteiger partial charge >= 0.3 is 5.97 Å². The number of fused-ring (bicyclic) bond motifs is 1. The summed E-state index contributed by atoms with van der Waals surface area (Å²) >= 11 is 1.09. The van der Waals surface area contributed by atoms with E-state index in [1.54, 1.807) is 42.5 Å². The summed E-state index contributed by atoms with van der Waals surface area (Å²) in [5.74, 6) is -0.946. The van der Waals surface area contributed by atoms with Gasteiger partial charge in [-0.15, -0.1) is 0 Å². The Balaban J connectivity index is 1.84. The quantitative estimate of drug-likeness (QED) is 0.439. The number of allylic oxidation sites excluding steroid dienone is 1. The van der Waals surface area contributed by atoms with Crippen LogP contribution in [0, 0.1) is 5.92 Å². The summed E-state index contributed by atoms with van der Waals surface area (Å²) in [4.78, 5) is 25.8. The van der Waals surface area contributed by atoms with Crippen molar-refractivity contribution in [2.24, 2.45) is 5.92 Å². The number of carboxylic acids is 1. The number of ketones is 1. The first kappa shape index (κ1) is 19.5. The van der Waals surface area contributed by atoms with E-state index in [-0.39, 0.29) is 11.4 Å². The lowest BCUT2D eigenvalue weighted by atomic mass is 9.81. The molecule has 0 saturated heterocycles. The summed E-state index contributed by atoms with van der Waals surface area (Å²) in [7, 11) is 0. The zero-order valence-corrected chi connectivity index (χ0v) is 16.8. The topological polar surface area (TPSA) is 80.1 Å². The average molecular weight is 407 g/mol. The molecule has 0 spiro atoms. The van der Waals surface area contributed by atoms with E-state index >= 15 is 0 Å². The van der Waals surface area contributed by atoms with Crippen LogP contribution in [0.1, 0.15) is 54.4 Å². The van der Waals surface area contributed by atoms with Gasteiger partial charge in [-0.1, -0.05) is 68.5 Å². The molecule has 6 heteroatoms. The second-order valence-corrected chi connectivity index (χ2v) is 8.06. The second kappa shape index (κ2) is 8.66. The van der Waals surface area contributed by atoms with E-state index in [1.807, 2.05) is 6.07 Å². The molecule has 5 nitrogen and oxygen atoms in total.